The minimum absolute atomic E-state index is 0.556. The van der Waals surface area contributed by atoms with E-state index in [1.54, 1.807) is 0 Å². The van der Waals surface area contributed by atoms with Crippen molar-refractivity contribution in [3.63, 3.8) is 0 Å². The van der Waals surface area contributed by atoms with Crippen LogP contribution in [0.3, 0.4) is 0 Å². The Hall–Kier alpha value is -1.32. The van der Waals surface area contributed by atoms with E-state index in [1.165, 1.54) is 38.5 Å². The van der Waals surface area contributed by atoms with Crippen molar-refractivity contribution in [3.05, 3.63) is 11.9 Å². The van der Waals surface area contributed by atoms with E-state index in [1.807, 2.05) is 6.07 Å². The fourth-order valence-electron chi connectivity index (χ4n) is 2.19. The van der Waals surface area contributed by atoms with E-state index in [4.69, 9.17) is 4.74 Å². The first-order chi connectivity index (χ1) is 9.83. The van der Waals surface area contributed by atoms with Gasteiger partial charge in [0.05, 0.1) is 6.61 Å². The molecule has 112 valence electrons. The van der Waals surface area contributed by atoms with Crippen molar-refractivity contribution in [1.29, 1.82) is 0 Å². The first-order valence-corrected chi connectivity index (χ1v) is 8.09. The summed E-state index contributed by atoms with van der Waals surface area (Å²) in [7, 11) is 0. The number of anilines is 1. The van der Waals surface area contributed by atoms with Gasteiger partial charge in [-0.3, -0.25) is 0 Å². The summed E-state index contributed by atoms with van der Waals surface area (Å²) in [6.45, 7) is 5.94. The van der Waals surface area contributed by atoms with Crippen LogP contribution in [-0.4, -0.2) is 23.1 Å². The van der Waals surface area contributed by atoms with Crippen LogP contribution in [0.15, 0.2) is 6.07 Å². The Labute approximate surface area is 122 Å². The molecule has 0 atom stereocenters. The number of hydrogen-bond acceptors (Lipinski definition) is 4. The summed E-state index contributed by atoms with van der Waals surface area (Å²) < 4.78 is 5.80. The van der Waals surface area contributed by atoms with Crippen LogP contribution in [0.1, 0.15) is 70.5 Å². The third kappa shape index (κ3) is 4.99. The first-order valence-electron chi connectivity index (χ1n) is 8.09. The van der Waals surface area contributed by atoms with Gasteiger partial charge in [-0.1, -0.05) is 32.6 Å². The van der Waals surface area contributed by atoms with Crippen molar-refractivity contribution >= 4 is 5.82 Å². The molecule has 1 heterocycles. The average Bonchev–Trinajstić information content (AvgIpc) is 3.27. The standard InChI is InChI=1S/C16H27N3O/c1-3-5-6-7-8-11-20-15-12-14(17-4-2)18-16(19-15)13-9-10-13/h12-13H,3-11H2,1-2H3,(H,17,18,19). The Bertz CT molecular complexity index is 405. The van der Waals surface area contributed by atoms with Gasteiger partial charge in [0.2, 0.25) is 5.88 Å². The van der Waals surface area contributed by atoms with E-state index in [0.717, 1.165) is 37.1 Å². The van der Waals surface area contributed by atoms with E-state index in [-0.39, 0.29) is 0 Å². The molecule has 0 radical (unpaired) electrons. The summed E-state index contributed by atoms with van der Waals surface area (Å²) >= 11 is 0. The largest absolute Gasteiger partial charge is 0.478 e. The molecule has 0 aromatic carbocycles. The van der Waals surface area contributed by atoms with Crippen LogP contribution in [-0.2, 0) is 0 Å². The normalized spacial score (nSPS) is 14.3. The van der Waals surface area contributed by atoms with Crippen LogP contribution < -0.4 is 10.1 Å². The van der Waals surface area contributed by atoms with Gasteiger partial charge in [-0.15, -0.1) is 0 Å². The van der Waals surface area contributed by atoms with E-state index >= 15 is 0 Å². The Morgan fingerprint density at radius 3 is 2.65 bits per heavy atom. The lowest BCUT2D eigenvalue weighted by Gasteiger charge is -2.09. The lowest BCUT2D eigenvalue weighted by atomic mass is 10.2. The van der Waals surface area contributed by atoms with Crippen molar-refractivity contribution < 1.29 is 4.74 Å². The Balaban J connectivity index is 1.82. The highest BCUT2D eigenvalue weighted by molar-refractivity contribution is 5.39. The molecular weight excluding hydrogens is 250 g/mol. The zero-order valence-corrected chi connectivity index (χ0v) is 12.8. The van der Waals surface area contributed by atoms with Crippen LogP contribution in [0, 0.1) is 0 Å². The number of nitrogens with one attached hydrogen (secondary N) is 1. The summed E-state index contributed by atoms with van der Waals surface area (Å²) in [5.41, 5.74) is 0. The molecule has 0 aliphatic heterocycles. The lowest BCUT2D eigenvalue weighted by molar-refractivity contribution is 0.292. The highest BCUT2D eigenvalue weighted by atomic mass is 16.5. The minimum atomic E-state index is 0.556. The Kier molecular flexibility index (Phi) is 6.09. The molecule has 0 unspecified atom stereocenters. The maximum atomic E-state index is 5.80. The second kappa shape index (κ2) is 8.08. The zero-order valence-electron chi connectivity index (χ0n) is 12.8. The number of unbranched alkanes of at least 4 members (excludes halogenated alkanes) is 4. The molecule has 1 aliphatic carbocycles. The van der Waals surface area contributed by atoms with Gasteiger partial charge < -0.3 is 10.1 Å². The molecule has 0 amide bonds. The molecule has 1 fully saturated rings. The van der Waals surface area contributed by atoms with Crippen LogP contribution in [0.5, 0.6) is 5.88 Å². The van der Waals surface area contributed by atoms with Gasteiger partial charge in [0.25, 0.3) is 0 Å². The van der Waals surface area contributed by atoms with Crippen LogP contribution in [0.25, 0.3) is 0 Å². The van der Waals surface area contributed by atoms with E-state index in [2.05, 4.69) is 29.1 Å². The molecule has 0 spiro atoms. The van der Waals surface area contributed by atoms with Gasteiger partial charge in [-0.25, -0.2) is 4.98 Å². The van der Waals surface area contributed by atoms with E-state index in [9.17, 15) is 0 Å². The van der Waals surface area contributed by atoms with Gasteiger partial charge >= 0.3 is 0 Å². The van der Waals surface area contributed by atoms with Gasteiger partial charge in [0.15, 0.2) is 0 Å². The monoisotopic (exact) mass is 277 g/mol. The topological polar surface area (TPSA) is 47.0 Å². The van der Waals surface area contributed by atoms with Crippen LogP contribution in [0.2, 0.25) is 0 Å². The fraction of sp³-hybridized carbons (Fsp3) is 0.750. The number of rotatable bonds is 10. The summed E-state index contributed by atoms with van der Waals surface area (Å²) in [4.78, 5) is 9.09. The smallest absolute Gasteiger partial charge is 0.218 e. The van der Waals surface area contributed by atoms with Crippen molar-refractivity contribution in [2.75, 3.05) is 18.5 Å². The van der Waals surface area contributed by atoms with E-state index in [0.29, 0.717) is 5.92 Å². The van der Waals surface area contributed by atoms with E-state index < -0.39 is 0 Å². The highest BCUT2D eigenvalue weighted by Crippen LogP contribution is 2.39. The maximum absolute atomic E-state index is 5.80. The molecule has 0 saturated heterocycles. The molecule has 1 aromatic rings. The molecule has 4 nitrogen and oxygen atoms in total. The van der Waals surface area contributed by atoms with Gasteiger partial charge in [-0.05, 0) is 26.2 Å². The predicted octanol–water partition coefficient (Wildman–Crippen LogP) is 4.14. The molecule has 1 N–H and O–H groups in total. The van der Waals surface area contributed by atoms with Crippen LogP contribution in [0.4, 0.5) is 5.82 Å². The van der Waals surface area contributed by atoms with Crippen molar-refractivity contribution in [2.45, 2.75) is 64.7 Å². The number of aromatic nitrogens is 2. The quantitative estimate of drug-likeness (QED) is 0.653. The van der Waals surface area contributed by atoms with Crippen molar-refractivity contribution in [1.82, 2.24) is 9.97 Å². The fourth-order valence-corrected chi connectivity index (χ4v) is 2.19. The Morgan fingerprint density at radius 2 is 1.95 bits per heavy atom. The summed E-state index contributed by atoms with van der Waals surface area (Å²) in [6.07, 6.45) is 8.69. The molecule has 0 bridgehead atoms. The second-order valence-corrected chi connectivity index (χ2v) is 5.52. The maximum Gasteiger partial charge on any atom is 0.218 e. The summed E-state index contributed by atoms with van der Waals surface area (Å²) in [6, 6.07) is 1.92. The highest BCUT2D eigenvalue weighted by Gasteiger charge is 2.27. The Morgan fingerprint density at radius 1 is 1.15 bits per heavy atom. The average molecular weight is 277 g/mol. The van der Waals surface area contributed by atoms with Crippen molar-refractivity contribution in [3.8, 4) is 5.88 Å². The summed E-state index contributed by atoms with van der Waals surface area (Å²) in [5, 5.41) is 3.26. The number of ether oxygens (including phenoxy) is 1. The first kappa shape index (κ1) is 15.1. The molecule has 1 aliphatic rings. The van der Waals surface area contributed by atoms with Crippen LogP contribution >= 0.6 is 0 Å². The predicted molar refractivity (Wildman–Crippen MR) is 82.4 cm³/mol. The SMILES string of the molecule is CCCCCCCOc1cc(NCC)nc(C2CC2)n1. The van der Waals surface area contributed by atoms with Gasteiger partial charge in [0.1, 0.15) is 11.6 Å². The second-order valence-electron chi connectivity index (χ2n) is 5.52. The molecule has 4 heteroatoms. The van der Waals surface area contributed by atoms with Gasteiger partial charge in [0, 0.05) is 18.5 Å². The number of hydrogen-bond donors (Lipinski definition) is 1. The minimum Gasteiger partial charge on any atom is -0.478 e. The third-order valence-electron chi connectivity index (χ3n) is 3.52. The molecule has 1 aromatic heterocycles. The van der Waals surface area contributed by atoms with Crippen molar-refractivity contribution in [2.24, 2.45) is 0 Å². The van der Waals surface area contributed by atoms with Gasteiger partial charge in [-0.2, -0.15) is 4.98 Å². The molecule has 2 rings (SSSR count). The lowest BCUT2D eigenvalue weighted by Crippen LogP contribution is -2.06. The molecule has 20 heavy (non-hydrogen) atoms. The third-order valence-corrected chi connectivity index (χ3v) is 3.52. The molecule has 1 saturated carbocycles. The molecular formula is C16H27N3O. The summed E-state index contributed by atoms with van der Waals surface area (Å²) in [5.74, 6) is 3.13. The number of nitrogens with zero attached hydrogens (tertiary/aromatic N) is 2. The zero-order chi connectivity index (χ0) is 14.2.